The maximum atomic E-state index is 5.72. The number of thioether (sulfide) groups is 1. The van der Waals surface area contributed by atoms with E-state index >= 15 is 0 Å². The molecule has 3 aromatic heterocycles. The summed E-state index contributed by atoms with van der Waals surface area (Å²) in [4.78, 5) is 0. The van der Waals surface area contributed by atoms with Crippen molar-refractivity contribution in [3.63, 3.8) is 0 Å². The quantitative estimate of drug-likeness (QED) is 0.391. The summed E-state index contributed by atoms with van der Waals surface area (Å²) in [6.07, 6.45) is 1.54. The molecule has 0 aliphatic heterocycles. The minimum absolute atomic E-state index is 0.313. The minimum Gasteiger partial charge on any atom is -0.493 e. The monoisotopic (exact) mass is 416 g/mol. The Morgan fingerprint density at radius 1 is 0.897 bits per heavy atom. The molecule has 0 saturated heterocycles. The third-order valence-corrected chi connectivity index (χ3v) is 4.64. The first kappa shape index (κ1) is 18.9. The first-order valence-corrected chi connectivity index (χ1v) is 9.33. The second-order valence-electron chi connectivity index (χ2n) is 5.55. The van der Waals surface area contributed by atoms with Crippen molar-refractivity contribution in [2.75, 3.05) is 21.3 Å². The molecular weight excluding hydrogens is 400 g/mol. The number of nitrogens with zero attached hydrogens (tertiary/aromatic N) is 4. The van der Waals surface area contributed by atoms with Gasteiger partial charge < -0.3 is 27.5 Å². The van der Waals surface area contributed by atoms with Gasteiger partial charge in [-0.2, -0.15) is 0 Å². The van der Waals surface area contributed by atoms with Gasteiger partial charge in [0.1, 0.15) is 0 Å². The Morgan fingerprint density at radius 3 is 2.31 bits per heavy atom. The number of hydrogen-bond acceptors (Lipinski definition) is 11. The van der Waals surface area contributed by atoms with E-state index in [9.17, 15) is 0 Å². The van der Waals surface area contributed by atoms with E-state index in [2.05, 4.69) is 20.4 Å². The van der Waals surface area contributed by atoms with Crippen molar-refractivity contribution in [2.24, 2.45) is 0 Å². The predicted molar refractivity (Wildman–Crippen MR) is 101 cm³/mol. The number of hydrogen-bond donors (Lipinski definition) is 0. The van der Waals surface area contributed by atoms with E-state index in [1.807, 2.05) is 0 Å². The van der Waals surface area contributed by atoms with Crippen LogP contribution in [0, 0.1) is 0 Å². The molecule has 150 valence electrons. The normalized spacial score (nSPS) is 10.9. The zero-order valence-electron chi connectivity index (χ0n) is 15.7. The number of methoxy groups -OCH3 is 3. The molecule has 4 rings (SSSR count). The first-order chi connectivity index (χ1) is 14.2. The van der Waals surface area contributed by atoms with E-state index in [0.717, 1.165) is 0 Å². The molecule has 0 radical (unpaired) electrons. The standard InChI is InChI=1S/C18H16N4O6S/c1-23-12-7-10(8-13(24-2)15(12)25-3)16-20-22-18(28-16)29-9-14-19-21-17(27-14)11-5-4-6-26-11/h4-8H,9H2,1-3H3. The average Bonchev–Trinajstić information content (AvgIpc) is 3.52. The van der Waals surface area contributed by atoms with E-state index in [4.69, 9.17) is 27.5 Å². The molecule has 0 fully saturated rings. The van der Waals surface area contributed by atoms with E-state index in [1.165, 1.54) is 39.4 Å². The van der Waals surface area contributed by atoms with Crippen molar-refractivity contribution in [1.82, 2.24) is 20.4 Å². The highest BCUT2D eigenvalue weighted by atomic mass is 32.2. The molecule has 3 heterocycles. The van der Waals surface area contributed by atoms with Gasteiger partial charge in [0.05, 0.1) is 33.3 Å². The maximum absolute atomic E-state index is 5.72. The van der Waals surface area contributed by atoms with Gasteiger partial charge in [0, 0.05) is 5.56 Å². The van der Waals surface area contributed by atoms with Crippen molar-refractivity contribution in [1.29, 1.82) is 0 Å². The molecule has 0 amide bonds. The van der Waals surface area contributed by atoms with Crippen LogP contribution >= 0.6 is 11.8 Å². The van der Waals surface area contributed by atoms with Crippen molar-refractivity contribution >= 4 is 11.8 Å². The van der Waals surface area contributed by atoms with Crippen LogP contribution in [-0.4, -0.2) is 41.7 Å². The summed E-state index contributed by atoms with van der Waals surface area (Å²) in [5, 5.41) is 16.4. The van der Waals surface area contributed by atoms with E-state index in [1.54, 1.807) is 24.3 Å². The topological polar surface area (TPSA) is 119 Å². The third-order valence-electron chi connectivity index (χ3n) is 3.84. The number of rotatable bonds is 8. The van der Waals surface area contributed by atoms with Crippen LogP contribution in [0.15, 0.2) is 49.0 Å². The summed E-state index contributed by atoms with van der Waals surface area (Å²) in [5.41, 5.74) is 0.636. The molecule has 0 atom stereocenters. The molecule has 0 aliphatic carbocycles. The van der Waals surface area contributed by atoms with E-state index in [0.29, 0.717) is 57.2 Å². The molecule has 29 heavy (non-hydrogen) atoms. The molecule has 0 spiro atoms. The molecule has 0 N–H and O–H groups in total. The van der Waals surface area contributed by atoms with Gasteiger partial charge in [0.2, 0.25) is 17.5 Å². The Hall–Kier alpha value is -3.47. The van der Waals surface area contributed by atoms with Gasteiger partial charge >= 0.3 is 0 Å². The molecule has 0 saturated carbocycles. The summed E-state index contributed by atoms with van der Waals surface area (Å²) in [6, 6.07) is 6.96. The van der Waals surface area contributed by atoms with Gasteiger partial charge in [0.15, 0.2) is 17.3 Å². The highest BCUT2D eigenvalue weighted by Gasteiger charge is 2.18. The van der Waals surface area contributed by atoms with Crippen molar-refractivity contribution in [3.8, 4) is 40.4 Å². The Labute approximate surface area is 169 Å². The summed E-state index contributed by atoms with van der Waals surface area (Å²) < 4.78 is 32.5. The van der Waals surface area contributed by atoms with E-state index in [-0.39, 0.29) is 0 Å². The highest BCUT2D eigenvalue weighted by molar-refractivity contribution is 7.98. The van der Waals surface area contributed by atoms with Gasteiger partial charge in [0.25, 0.3) is 11.1 Å². The largest absolute Gasteiger partial charge is 0.493 e. The lowest BCUT2D eigenvalue weighted by molar-refractivity contribution is 0.324. The Kier molecular flexibility index (Phi) is 5.38. The number of benzene rings is 1. The molecule has 10 nitrogen and oxygen atoms in total. The Bertz CT molecular complexity index is 1070. The smallest absolute Gasteiger partial charge is 0.283 e. The summed E-state index contributed by atoms with van der Waals surface area (Å²) in [5.74, 6) is 3.38. The molecule has 11 heteroatoms. The lowest BCUT2D eigenvalue weighted by Gasteiger charge is -2.12. The summed E-state index contributed by atoms with van der Waals surface area (Å²) >= 11 is 1.27. The van der Waals surface area contributed by atoms with Crippen LogP contribution in [0.1, 0.15) is 5.89 Å². The molecule has 1 aromatic carbocycles. The fourth-order valence-corrected chi connectivity index (χ4v) is 3.12. The predicted octanol–water partition coefficient (Wildman–Crippen LogP) is 3.70. The molecule has 4 aromatic rings. The maximum Gasteiger partial charge on any atom is 0.283 e. The number of aromatic nitrogens is 4. The molecular formula is C18H16N4O6S. The van der Waals surface area contributed by atoms with Gasteiger partial charge in [-0.25, -0.2) is 0 Å². The Morgan fingerprint density at radius 2 is 1.66 bits per heavy atom. The van der Waals surface area contributed by atoms with Crippen LogP contribution < -0.4 is 14.2 Å². The lowest BCUT2D eigenvalue weighted by Crippen LogP contribution is -1.95. The van der Waals surface area contributed by atoms with Crippen LogP contribution in [0.4, 0.5) is 0 Å². The summed E-state index contributed by atoms with van der Waals surface area (Å²) in [7, 11) is 4.62. The van der Waals surface area contributed by atoms with Crippen LogP contribution in [0.25, 0.3) is 23.1 Å². The van der Waals surface area contributed by atoms with Crippen LogP contribution in [0.3, 0.4) is 0 Å². The van der Waals surface area contributed by atoms with Crippen LogP contribution in [-0.2, 0) is 5.75 Å². The second kappa shape index (κ2) is 8.27. The SMILES string of the molecule is COc1cc(-c2nnc(SCc3nnc(-c4ccco4)o3)o2)cc(OC)c1OC. The number of ether oxygens (including phenoxy) is 3. The van der Waals surface area contributed by atoms with Crippen LogP contribution in [0.5, 0.6) is 17.2 Å². The first-order valence-electron chi connectivity index (χ1n) is 8.34. The van der Waals surface area contributed by atoms with Gasteiger partial charge in [-0.1, -0.05) is 11.8 Å². The molecule has 0 bridgehead atoms. The highest BCUT2D eigenvalue weighted by Crippen LogP contribution is 2.41. The summed E-state index contributed by atoms with van der Waals surface area (Å²) in [6.45, 7) is 0. The van der Waals surface area contributed by atoms with Crippen molar-refractivity contribution in [3.05, 3.63) is 36.4 Å². The molecule has 0 aliphatic rings. The van der Waals surface area contributed by atoms with E-state index < -0.39 is 0 Å². The Balaban J connectivity index is 1.49. The zero-order valence-corrected chi connectivity index (χ0v) is 16.6. The van der Waals surface area contributed by atoms with Crippen LogP contribution in [0.2, 0.25) is 0 Å². The molecule has 0 unspecified atom stereocenters. The number of furan rings is 1. The average molecular weight is 416 g/mol. The van der Waals surface area contributed by atoms with Gasteiger partial charge in [-0.05, 0) is 24.3 Å². The van der Waals surface area contributed by atoms with Gasteiger partial charge in [-0.15, -0.1) is 20.4 Å². The lowest BCUT2D eigenvalue weighted by atomic mass is 10.2. The van der Waals surface area contributed by atoms with Gasteiger partial charge in [-0.3, -0.25) is 0 Å². The third kappa shape index (κ3) is 3.90. The fourth-order valence-electron chi connectivity index (χ4n) is 2.52. The van der Waals surface area contributed by atoms with Crippen molar-refractivity contribution in [2.45, 2.75) is 11.0 Å². The van der Waals surface area contributed by atoms with Crippen molar-refractivity contribution < 1.29 is 27.5 Å². The second-order valence-corrected chi connectivity index (χ2v) is 6.48. The zero-order chi connectivity index (χ0) is 20.2. The fraction of sp³-hybridized carbons (Fsp3) is 0.222. The minimum atomic E-state index is 0.313.